The number of hydrogen-bond acceptors (Lipinski definition) is 4. The summed E-state index contributed by atoms with van der Waals surface area (Å²) in [5, 5.41) is 1.70. The minimum absolute atomic E-state index is 0. The van der Waals surface area contributed by atoms with Crippen LogP contribution in [0.15, 0.2) is 29.2 Å². The SMILES string of the molecule is CC(N)CCNS(=O)(=O)c1ccc(C(=O)NCC(F)(F)F)cc1.Cl. The molecule has 0 aliphatic carbocycles. The van der Waals surface area contributed by atoms with Crippen LogP contribution in [-0.4, -0.2) is 39.6 Å². The number of carbonyl (C=O) groups is 1. The van der Waals surface area contributed by atoms with Gasteiger partial charge < -0.3 is 11.1 Å². The lowest BCUT2D eigenvalue weighted by atomic mass is 10.2. The number of alkyl halides is 3. The van der Waals surface area contributed by atoms with Gasteiger partial charge in [-0.15, -0.1) is 12.4 Å². The van der Waals surface area contributed by atoms with Crippen molar-refractivity contribution in [3.8, 4) is 0 Å². The Hall–Kier alpha value is -1.36. The first-order chi connectivity index (χ1) is 10.5. The molecule has 0 aliphatic rings. The van der Waals surface area contributed by atoms with Crippen molar-refractivity contribution in [2.75, 3.05) is 13.1 Å². The van der Waals surface area contributed by atoms with E-state index in [1.54, 1.807) is 12.2 Å². The summed E-state index contributed by atoms with van der Waals surface area (Å²) in [5.74, 6) is -0.934. The number of nitrogens with one attached hydrogen (secondary N) is 2. The molecule has 0 aliphatic heterocycles. The second-order valence-corrected chi connectivity index (χ2v) is 6.75. The molecule has 1 rings (SSSR count). The maximum atomic E-state index is 12.0. The van der Waals surface area contributed by atoms with E-state index < -0.39 is 28.7 Å². The highest BCUT2D eigenvalue weighted by Crippen LogP contribution is 2.14. The molecule has 0 radical (unpaired) electrons. The lowest BCUT2D eigenvalue weighted by molar-refractivity contribution is -0.123. The van der Waals surface area contributed by atoms with Crippen LogP contribution in [0.5, 0.6) is 0 Å². The molecule has 138 valence electrons. The van der Waals surface area contributed by atoms with E-state index in [1.807, 2.05) is 0 Å². The summed E-state index contributed by atoms with van der Waals surface area (Å²) in [6, 6.07) is 4.43. The fourth-order valence-electron chi connectivity index (χ4n) is 1.57. The number of sulfonamides is 1. The molecule has 0 fully saturated rings. The normalized spacial score (nSPS) is 13.0. The Labute approximate surface area is 144 Å². The summed E-state index contributed by atoms with van der Waals surface area (Å²) < 4.78 is 62.3. The van der Waals surface area contributed by atoms with Crippen LogP contribution in [0.4, 0.5) is 13.2 Å². The number of benzene rings is 1. The monoisotopic (exact) mass is 389 g/mol. The van der Waals surface area contributed by atoms with Crippen molar-refractivity contribution >= 4 is 28.3 Å². The van der Waals surface area contributed by atoms with Crippen LogP contribution in [0.2, 0.25) is 0 Å². The largest absolute Gasteiger partial charge is 0.405 e. The summed E-state index contributed by atoms with van der Waals surface area (Å²) in [5.41, 5.74) is 5.45. The summed E-state index contributed by atoms with van der Waals surface area (Å²) in [7, 11) is -3.75. The minimum atomic E-state index is -4.51. The Morgan fingerprint density at radius 1 is 1.25 bits per heavy atom. The number of hydrogen-bond donors (Lipinski definition) is 3. The van der Waals surface area contributed by atoms with Crippen LogP contribution in [0, 0.1) is 0 Å². The Kier molecular flexibility index (Phi) is 8.69. The van der Waals surface area contributed by atoms with Crippen molar-refractivity contribution in [3.63, 3.8) is 0 Å². The average Bonchev–Trinajstić information content (AvgIpc) is 2.43. The highest BCUT2D eigenvalue weighted by molar-refractivity contribution is 7.89. The highest BCUT2D eigenvalue weighted by atomic mass is 35.5. The summed E-state index contributed by atoms with van der Waals surface area (Å²) in [6.07, 6.45) is -4.06. The van der Waals surface area contributed by atoms with Crippen LogP contribution in [0.3, 0.4) is 0 Å². The molecule has 4 N–H and O–H groups in total. The van der Waals surface area contributed by atoms with Crippen molar-refractivity contribution in [3.05, 3.63) is 29.8 Å². The molecule has 11 heteroatoms. The van der Waals surface area contributed by atoms with E-state index in [0.717, 1.165) is 24.3 Å². The van der Waals surface area contributed by atoms with E-state index in [-0.39, 0.29) is 35.5 Å². The minimum Gasteiger partial charge on any atom is -0.343 e. The van der Waals surface area contributed by atoms with E-state index in [9.17, 15) is 26.4 Å². The van der Waals surface area contributed by atoms with Crippen molar-refractivity contribution in [2.24, 2.45) is 5.73 Å². The van der Waals surface area contributed by atoms with Gasteiger partial charge in [-0.2, -0.15) is 13.2 Å². The number of amides is 1. The van der Waals surface area contributed by atoms with E-state index >= 15 is 0 Å². The molecule has 1 aromatic carbocycles. The molecule has 0 heterocycles. The fourth-order valence-corrected chi connectivity index (χ4v) is 2.62. The molecule has 1 unspecified atom stereocenters. The van der Waals surface area contributed by atoms with E-state index in [2.05, 4.69) is 4.72 Å². The smallest absolute Gasteiger partial charge is 0.343 e. The third-order valence-electron chi connectivity index (χ3n) is 2.77. The van der Waals surface area contributed by atoms with Gasteiger partial charge in [-0.05, 0) is 37.6 Å². The van der Waals surface area contributed by atoms with Crippen LogP contribution < -0.4 is 15.8 Å². The predicted octanol–water partition coefficient (Wildman–Crippen LogP) is 1.42. The van der Waals surface area contributed by atoms with E-state index in [1.165, 1.54) is 0 Å². The maximum Gasteiger partial charge on any atom is 0.405 e. The molecule has 0 saturated heterocycles. The topological polar surface area (TPSA) is 101 Å². The first-order valence-corrected chi connectivity index (χ1v) is 8.20. The molecule has 1 aromatic rings. The first kappa shape index (κ1) is 22.6. The lowest BCUT2D eigenvalue weighted by Gasteiger charge is -2.10. The molecule has 1 atom stereocenters. The molecule has 24 heavy (non-hydrogen) atoms. The summed E-state index contributed by atoms with van der Waals surface area (Å²) in [4.78, 5) is 11.4. The van der Waals surface area contributed by atoms with Crippen molar-refractivity contribution in [1.82, 2.24) is 10.0 Å². The zero-order valence-electron chi connectivity index (χ0n) is 12.8. The van der Waals surface area contributed by atoms with Crippen molar-refractivity contribution in [2.45, 2.75) is 30.5 Å². The quantitative estimate of drug-likeness (QED) is 0.656. The van der Waals surface area contributed by atoms with Gasteiger partial charge in [0.2, 0.25) is 10.0 Å². The zero-order chi connectivity index (χ0) is 17.7. The Morgan fingerprint density at radius 3 is 2.25 bits per heavy atom. The molecule has 0 spiro atoms. The van der Waals surface area contributed by atoms with E-state index in [4.69, 9.17) is 5.73 Å². The first-order valence-electron chi connectivity index (χ1n) is 6.71. The van der Waals surface area contributed by atoms with E-state index in [0.29, 0.717) is 6.42 Å². The van der Waals surface area contributed by atoms with Gasteiger partial charge in [-0.3, -0.25) is 4.79 Å². The molecule has 6 nitrogen and oxygen atoms in total. The van der Waals surface area contributed by atoms with Gasteiger partial charge >= 0.3 is 6.18 Å². The zero-order valence-corrected chi connectivity index (χ0v) is 14.4. The number of carbonyl (C=O) groups excluding carboxylic acids is 1. The predicted molar refractivity (Wildman–Crippen MR) is 85.5 cm³/mol. The number of nitrogens with two attached hydrogens (primary N) is 1. The molecule has 0 bridgehead atoms. The van der Waals surface area contributed by atoms with Gasteiger partial charge in [0.15, 0.2) is 0 Å². The average molecular weight is 390 g/mol. The molecular weight excluding hydrogens is 371 g/mol. The van der Waals surface area contributed by atoms with Crippen LogP contribution in [0.1, 0.15) is 23.7 Å². The van der Waals surface area contributed by atoms with Crippen LogP contribution in [0.25, 0.3) is 0 Å². The standard InChI is InChI=1S/C13H18F3N3O3S.ClH/c1-9(17)6-7-19-23(21,22)11-4-2-10(3-5-11)12(20)18-8-13(14,15)16;/h2-5,9,19H,6-8,17H2,1H3,(H,18,20);1H. The third kappa shape index (κ3) is 7.95. The van der Waals surface area contributed by atoms with Gasteiger partial charge in [0.25, 0.3) is 5.91 Å². The molecule has 0 aromatic heterocycles. The van der Waals surface area contributed by atoms with Gasteiger partial charge in [-0.25, -0.2) is 13.1 Å². The number of rotatable bonds is 7. The second-order valence-electron chi connectivity index (χ2n) is 4.99. The van der Waals surface area contributed by atoms with Crippen LogP contribution in [-0.2, 0) is 10.0 Å². The molecule has 1 amide bonds. The maximum absolute atomic E-state index is 12.0. The summed E-state index contributed by atoms with van der Waals surface area (Å²) in [6.45, 7) is 0.446. The van der Waals surface area contributed by atoms with Gasteiger partial charge in [0.1, 0.15) is 6.54 Å². The van der Waals surface area contributed by atoms with Gasteiger partial charge in [0, 0.05) is 18.2 Å². The lowest BCUT2D eigenvalue weighted by Crippen LogP contribution is -2.33. The Balaban J connectivity index is 0.00000529. The fraction of sp³-hybridized carbons (Fsp3) is 0.462. The van der Waals surface area contributed by atoms with Gasteiger partial charge in [0.05, 0.1) is 4.90 Å². The second kappa shape index (κ2) is 9.21. The van der Waals surface area contributed by atoms with Crippen LogP contribution >= 0.6 is 12.4 Å². The Morgan fingerprint density at radius 2 is 1.79 bits per heavy atom. The summed E-state index contributed by atoms with van der Waals surface area (Å²) >= 11 is 0. The Bertz CT molecular complexity index is 634. The van der Waals surface area contributed by atoms with Crippen molar-refractivity contribution in [1.29, 1.82) is 0 Å². The highest BCUT2D eigenvalue weighted by Gasteiger charge is 2.28. The molecule has 0 saturated carbocycles. The number of halogens is 4. The van der Waals surface area contributed by atoms with Gasteiger partial charge in [-0.1, -0.05) is 0 Å². The van der Waals surface area contributed by atoms with Crippen molar-refractivity contribution < 1.29 is 26.4 Å². The molecular formula is C13H19ClF3N3O3S. The third-order valence-corrected chi connectivity index (χ3v) is 4.24.